The first-order chi connectivity index (χ1) is 7.59. The molecule has 1 aliphatic rings. The van der Waals surface area contributed by atoms with E-state index < -0.39 is 0 Å². The lowest BCUT2D eigenvalue weighted by Gasteiger charge is -2.10. The van der Waals surface area contributed by atoms with Gasteiger partial charge in [-0.3, -0.25) is 14.0 Å². The maximum atomic E-state index is 12.2. The van der Waals surface area contributed by atoms with Crippen LogP contribution in [-0.4, -0.2) is 24.6 Å². The molecular weight excluding hydrogens is 224 g/mol. The minimum Gasteiger partial charge on any atom is -0.283 e. The van der Waals surface area contributed by atoms with Crippen molar-refractivity contribution in [3.05, 3.63) is 16.6 Å². The van der Waals surface area contributed by atoms with Crippen LogP contribution in [0.4, 0.5) is 0 Å². The van der Waals surface area contributed by atoms with E-state index in [2.05, 4.69) is 23.9 Å². The Bertz CT molecular complexity index is 630. The number of aromatic nitrogens is 4. The van der Waals surface area contributed by atoms with E-state index in [1.807, 2.05) is 0 Å². The fraction of sp³-hybridized carbons (Fsp3) is 0.500. The van der Waals surface area contributed by atoms with Gasteiger partial charge in [0.2, 0.25) is 0 Å². The highest BCUT2D eigenvalue weighted by atomic mass is 32.2. The predicted octanol–water partition coefficient (Wildman–Crippen LogP) is 1.19. The second-order valence-electron chi connectivity index (χ2n) is 4.14. The lowest BCUT2D eigenvalue weighted by Crippen LogP contribution is -2.24. The van der Waals surface area contributed by atoms with E-state index in [4.69, 9.17) is 0 Å². The summed E-state index contributed by atoms with van der Waals surface area (Å²) in [5, 5.41) is 5.88. The van der Waals surface area contributed by atoms with Crippen molar-refractivity contribution < 1.29 is 0 Å². The molecule has 3 heterocycles. The minimum absolute atomic E-state index is 0.0254. The third-order valence-electron chi connectivity index (χ3n) is 3.14. The molecule has 0 amide bonds. The summed E-state index contributed by atoms with van der Waals surface area (Å²) in [6.07, 6.45) is 1.60. The second kappa shape index (κ2) is 3.10. The Kier molecular flexibility index (Phi) is 1.92. The van der Waals surface area contributed by atoms with Crippen LogP contribution in [0, 0.1) is 0 Å². The summed E-state index contributed by atoms with van der Waals surface area (Å²) in [4.78, 5) is 16.7. The van der Waals surface area contributed by atoms with Gasteiger partial charge in [0.15, 0.2) is 10.8 Å². The molecule has 2 aromatic rings. The predicted molar refractivity (Wildman–Crippen MR) is 62.8 cm³/mol. The molecule has 0 N–H and O–H groups in total. The zero-order chi connectivity index (χ0) is 11.4. The van der Waals surface area contributed by atoms with Crippen molar-refractivity contribution in [2.24, 2.45) is 7.05 Å². The summed E-state index contributed by atoms with van der Waals surface area (Å²) in [7, 11) is 1.80. The summed E-state index contributed by atoms with van der Waals surface area (Å²) < 4.78 is 3.42. The van der Waals surface area contributed by atoms with Crippen molar-refractivity contribution in [2.45, 2.75) is 30.3 Å². The number of rotatable bonds is 0. The molecule has 0 radical (unpaired) electrons. The average molecular weight is 236 g/mol. The van der Waals surface area contributed by atoms with Crippen molar-refractivity contribution in [3.63, 3.8) is 0 Å². The number of thioether (sulfide) groups is 1. The molecule has 6 heteroatoms. The maximum Gasteiger partial charge on any atom is 0.265 e. The van der Waals surface area contributed by atoms with Crippen LogP contribution in [0.15, 0.2) is 16.1 Å². The first-order valence-electron chi connectivity index (χ1n) is 5.20. The maximum absolute atomic E-state index is 12.2. The molecule has 0 fully saturated rings. The third kappa shape index (κ3) is 1.10. The largest absolute Gasteiger partial charge is 0.283 e. The van der Waals surface area contributed by atoms with Crippen molar-refractivity contribution in [2.75, 3.05) is 0 Å². The molecule has 2 atom stereocenters. The van der Waals surface area contributed by atoms with Crippen LogP contribution in [0.25, 0.3) is 11.0 Å². The van der Waals surface area contributed by atoms with Crippen molar-refractivity contribution in [3.8, 4) is 0 Å². The van der Waals surface area contributed by atoms with E-state index in [1.54, 1.807) is 34.3 Å². The minimum atomic E-state index is 0.0254. The molecule has 0 bridgehead atoms. The van der Waals surface area contributed by atoms with Crippen molar-refractivity contribution >= 4 is 22.8 Å². The van der Waals surface area contributed by atoms with E-state index in [0.29, 0.717) is 16.3 Å². The van der Waals surface area contributed by atoms with Gasteiger partial charge < -0.3 is 0 Å². The lowest BCUT2D eigenvalue weighted by atomic mass is 10.2. The highest BCUT2D eigenvalue weighted by molar-refractivity contribution is 8.00. The van der Waals surface area contributed by atoms with Gasteiger partial charge in [-0.1, -0.05) is 18.7 Å². The fourth-order valence-corrected chi connectivity index (χ4v) is 3.15. The second-order valence-corrected chi connectivity index (χ2v) is 5.48. The van der Waals surface area contributed by atoms with Crippen molar-refractivity contribution in [1.82, 2.24) is 19.3 Å². The fourth-order valence-electron chi connectivity index (χ4n) is 1.99. The van der Waals surface area contributed by atoms with Gasteiger partial charge in [0.25, 0.3) is 5.56 Å². The summed E-state index contributed by atoms with van der Waals surface area (Å²) >= 11 is 1.65. The normalized spacial score (nSPS) is 23.9. The zero-order valence-electron chi connectivity index (χ0n) is 9.34. The topological polar surface area (TPSA) is 52.7 Å². The van der Waals surface area contributed by atoms with Gasteiger partial charge in [0.05, 0.1) is 6.20 Å². The van der Waals surface area contributed by atoms with E-state index in [1.165, 1.54) is 0 Å². The van der Waals surface area contributed by atoms with E-state index in [9.17, 15) is 4.79 Å². The van der Waals surface area contributed by atoms with E-state index in [0.717, 1.165) is 5.16 Å². The zero-order valence-corrected chi connectivity index (χ0v) is 10.2. The van der Waals surface area contributed by atoms with Gasteiger partial charge in [0.1, 0.15) is 5.39 Å². The number of hydrogen-bond acceptors (Lipinski definition) is 4. The van der Waals surface area contributed by atoms with Crippen LogP contribution in [0.2, 0.25) is 0 Å². The Balaban J connectivity index is 2.42. The Morgan fingerprint density at radius 3 is 2.94 bits per heavy atom. The molecule has 0 spiro atoms. The third-order valence-corrected chi connectivity index (χ3v) is 4.41. The van der Waals surface area contributed by atoms with Crippen LogP contribution in [0.1, 0.15) is 19.9 Å². The van der Waals surface area contributed by atoms with Gasteiger partial charge in [-0.25, -0.2) is 4.98 Å². The molecule has 0 aromatic carbocycles. The Morgan fingerprint density at radius 1 is 1.44 bits per heavy atom. The summed E-state index contributed by atoms with van der Waals surface area (Å²) in [5.74, 6) is 0. The molecule has 5 nitrogen and oxygen atoms in total. The lowest BCUT2D eigenvalue weighted by molar-refractivity contribution is 0.505. The van der Waals surface area contributed by atoms with Gasteiger partial charge in [-0.15, -0.1) is 0 Å². The van der Waals surface area contributed by atoms with Gasteiger partial charge in [0, 0.05) is 18.3 Å². The van der Waals surface area contributed by atoms with Gasteiger partial charge >= 0.3 is 0 Å². The Hall–Kier alpha value is -1.30. The molecule has 1 aliphatic heterocycles. The van der Waals surface area contributed by atoms with Crippen LogP contribution < -0.4 is 5.56 Å². The molecule has 0 saturated carbocycles. The highest BCUT2D eigenvalue weighted by Crippen LogP contribution is 2.37. The quantitative estimate of drug-likeness (QED) is 0.645. The molecule has 0 aliphatic carbocycles. The van der Waals surface area contributed by atoms with Crippen LogP contribution in [-0.2, 0) is 7.05 Å². The standard InChI is InChI=1S/C10H12N4OS/c1-5-6(2)16-10-12-8-7(4-11-13(8)3)9(15)14(5)10/h4-6H,1-3H3. The average Bonchev–Trinajstić information content (AvgIpc) is 2.72. The molecule has 2 unspecified atom stereocenters. The molecular formula is C10H12N4OS. The number of fused-ring (bicyclic) bond motifs is 2. The van der Waals surface area contributed by atoms with Crippen LogP contribution >= 0.6 is 11.8 Å². The molecule has 0 saturated heterocycles. The van der Waals surface area contributed by atoms with Crippen LogP contribution in [0.3, 0.4) is 0 Å². The highest BCUT2D eigenvalue weighted by Gasteiger charge is 2.30. The smallest absolute Gasteiger partial charge is 0.265 e. The van der Waals surface area contributed by atoms with E-state index in [-0.39, 0.29) is 11.6 Å². The first-order valence-corrected chi connectivity index (χ1v) is 6.08. The molecule has 16 heavy (non-hydrogen) atoms. The molecule has 2 aromatic heterocycles. The Morgan fingerprint density at radius 2 is 2.19 bits per heavy atom. The van der Waals surface area contributed by atoms with Gasteiger partial charge in [-0.2, -0.15) is 5.10 Å². The number of nitrogens with zero attached hydrogens (tertiary/aromatic N) is 4. The monoisotopic (exact) mass is 236 g/mol. The summed E-state index contributed by atoms with van der Waals surface area (Å²) in [6, 6.07) is 0.199. The SMILES string of the molecule is CC1Sc2nc3c(cnn3C)c(=O)n2C1C. The Labute approximate surface area is 96.5 Å². The van der Waals surface area contributed by atoms with Crippen LogP contribution in [0.5, 0.6) is 0 Å². The first kappa shape index (κ1) is 9.89. The molecule has 84 valence electrons. The number of aryl methyl sites for hydroxylation is 1. The summed E-state index contributed by atoms with van der Waals surface area (Å²) in [6.45, 7) is 4.17. The molecule has 3 rings (SSSR count). The van der Waals surface area contributed by atoms with E-state index >= 15 is 0 Å². The van der Waals surface area contributed by atoms with Gasteiger partial charge in [-0.05, 0) is 6.92 Å². The van der Waals surface area contributed by atoms with Crippen molar-refractivity contribution in [1.29, 1.82) is 0 Å². The summed E-state index contributed by atoms with van der Waals surface area (Å²) in [5.41, 5.74) is 0.697. The number of hydrogen-bond donors (Lipinski definition) is 0.